The van der Waals surface area contributed by atoms with Crippen LogP contribution in [0.3, 0.4) is 0 Å². The van der Waals surface area contributed by atoms with Crippen LogP contribution in [0.1, 0.15) is 26.3 Å². The molecule has 0 radical (unpaired) electrons. The van der Waals surface area contributed by atoms with Crippen LogP contribution in [0.25, 0.3) is 0 Å². The fourth-order valence-electron chi connectivity index (χ4n) is 1.81. The largest absolute Gasteiger partial charge is 0.497 e. The van der Waals surface area contributed by atoms with Crippen molar-refractivity contribution in [3.05, 3.63) is 65.2 Å². The van der Waals surface area contributed by atoms with E-state index in [-0.39, 0.29) is 18.0 Å². The molecule has 2 aromatic rings. The highest BCUT2D eigenvalue weighted by Gasteiger charge is 2.12. The molecule has 5 heteroatoms. The summed E-state index contributed by atoms with van der Waals surface area (Å²) >= 11 is 0. The van der Waals surface area contributed by atoms with Gasteiger partial charge in [0.1, 0.15) is 5.75 Å². The number of nitrogens with zero attached hydrogens (tertiary/aromatic N) is 1. The predicted octanol–water partition coefficient (Wildman–Crippen LogP) is 2.61. The summed E-state index contributed by atoms with van der Waals surface area (Å²) in [7, 11) is 1.51. The van der Waals surface area contributed by atoms with E-state index in [1.165, 1.54) is 19.2 Å². The van der Waals surface area contributed by atoms with E-state index in [2.05, 4.69) is 0 Å². The lowest BCUT2D eigenvalue weighted by atomic mass is 10.1. The average molecular weight is 295 g/mol. The molecule has 0 spiro atoms. The number of ketones is 1. The zero-order valence-corrected chi connectivity index (χ0v) is 11.9. The van der Waals surface area contributed by atoms with Crippen molar-refractivity contribution in [2.24, 2.45) is 0 Å². The third-order valence-corrected chi connectivity index (χ3v) is 2.95. The molecule has 0 fully saturated rings. The van der Waals surface area contributed by atoms with Crippen molar-refractivity contribution in [2.75, 3.05) is 13.7 Å². The molecule has 110 valence electrons. The van der Waals surface area contributed by atoms with Gasteiger partial charge in [-0.15, -0.1) is 0 Å². The summed E-state index contributed by atoms with van der Waals surface area (Å²) in [5, 5.41) is 8.79. The van der Waals surface area contributed by atoms with Gasteiger partial charge in [0.25, 0.3) is 0 Å². The van der Waals surface area contributed by atoms with Gasteiger partial charge in [-0.1, -0.05) is 18.2 Å². The van der Waals surface area contributed by atoms with Gasteiger partial charge >= 0.3 is 5.97 Å². The van der Waals surface area contributed by atoms with Crippen LogP contribution in [0.2, 0.25) is 0 Å². The van der Waals surface area contributed by atoms with E-state index in [1.807, 2.05) is 6.07 Å². The minimum Gasteiger partial charge on any atom is -0.497 e. The van der Waals surface area contributed by atoms with Gasteiger partial charge in [0.15, 0.2) is 12.4 Å². The number of esters is 1. The normalized spacial score (nSPS) is 9.64. The fraction of sp³-hybridized carbons (Fsp3) is 0.118. The van der Waals surface area contributed by atoms with Crippen LogP contribution in [0, 0.1) is 11.3 Å². The predicted molar refractivity (Wildman–Crippen MR) is 78.8 cm³/mol. The quantitative estimate of drug-likeness (QED) is 0.626. The average Bonchev–Trinajstić information content (AvgIpc) is 2.59. The van der Waals surface area contributed by atoms with Gasteiger partial charge in [-0.05, 0) is 30.3 Å². The second-order valence-corrected chi connectivity index (χ2v) is 4.42. The maximum Gasteiger partial charge on any atom is 0.338 e. The summed E-state index contributed by atoms with van der Waals surface area (Å²) in [4.78, 5) is 23.8. The summed E-state index contributed by atoms with van der Waals surface area (Å²) in [6.07, 6.45) is 0. The molecule has 0 saturated heterocycles. The summed E-state index contributed by atoms with van der Waals surface area (Å²) in [5.41, 5.74) is 0.990. The molecule has 0 aliphatic carbocycles. The van der Waals surface area contributed by atoms with Gasteiger partial charge in [0.2, 0.25) is 0 Å². The smallest absolute Gasteiger partial charge is 0.338 e. The number of benzene rings is 2. The molecule has 5 nitrogen and oxygen atoms in total. The highest BCUT2D eigenvalue weighted by molar-refractivity contribution is 5.99. The highest BCUT2D eigenvalue weighted by atomic mass is 16.5. The standard InChI is InChI=1S/C17H13NO4/c1-21-15-7-3-5-13(9-15)16(19)11-22-17(20)14-6-2-4-12(8-14)10-18/h2-9H,11H2,1H3. The minimum absolute atomic E-state index is 0.234. The zero-order chi connectivity index (χ0) is 15.9. The van der Waals surface area contributed by atoms with E-state index < -0.39 is 5.97 Å². The molecule has 0 aliphatic rings. The maximum absolute atomic E-state index is 12.0. The third kappa shape index (κ3) is 3.70. The van der Waals surface area contributed by atoms with Crippen molar-refractivity contribution in [1.29, 1.82) is 5.26 Å². The third-order valence-electron chi connectivity index (χ3n) is 2.95. The van der Waals surface area contributed by atoms with Crippen LogP contribution in [-0.2, 0) is 4.74 Å². The molecule has 0 atom stereocenters. The molecule has 0 aromatic heterocycles. The van der Waals surface area contributed by atoms with Crippen molar-refractivity contribution in [3.63, 3.8) is 0 Å². The molecule has 0 heterocycles. The number of hydrogen-bond donors (Lipinski definition) is 0. The lowest BCUT2D eigenvalue weighted by Gasteiger charge is -2.06. The fourth-order valence-corrected chi connectivity index (χ4v) is 1.81. The second kappa shape index (κ2) is 7.04. The van der Waals surface area contributed by atoms with E-state index in [0.29, 0.717) is 16.9 Å². The van der Waals surface area contributed by atoms with Crippen molar-refractivity contribution in [3.8, 4) is 11.8 Å². The molecule has 0 N–H and O–H groups in total. The number of carbonyl (C=O) groups excluding carboxylic acids is 2. The number of hydrogen-bond acceptors (Lipinski definition) is 5. The number of rotatable bonds is 5. The highest BCUT2D eigenvalue weighted by Crippen LogP contribution is 2.13. The van der Waals surface area contributed by atoms with Gasteiger partial charge in [0.05, 0.1) is 24.3 Å². The summed E-state index contributed by atoms with van der Waals surface area (Å²) in [6.45, 7) is -0.372. The molecule has 0 amide bonds. The first-order chi connectivity index (χ1) is 10.6. The molecular formula is C17H13NO4. The summed E-state index contributed by atoms with van der Waals surface area (Å²) in [5.74, 6) is -0.420. The van der Waals surface area contributed by atoms with Crippen LogP contribution in [0.15, 0.2) is 48.5 Å². The lowest BCUT2D eigenvalue weighted by Crippen LogP contribution is -2.14. The van der Waals surface area contributed by atoms with Gasteiger partial charge in [-0.3, -0.25) is 4.79 Å². The van der Waals surface area contributed by atoms with Gasteiger partial charge in [-0.25, -0.2) is 4.79 Å². The van der Waals surface area contributed by atoms with Crippen molar-refractivity contribution in [1.82, 2.24) is 0 Å². The van der Waals surface area contributed by atoms with E-state index >= 15 is 0 Å². The number of methoxy groups -OCH3 is 1. The number of ether oxygens (including phenoxy) is 2. The minimum atomic E-state index is -0.645. The van der Waals surface area contributed by atoms with Gasteiger partial charge < -0.3 is 9.47 Å². The summed E-state index contributed by atoms with van der Waals surface area (Å²) in [6, 6.07) is 14.6. The molecular weight excluding hydrogens is 282 g/mol. The Balaban J connectivity index is 2.01. The van der Waals surface area contributed by atoms with Crippen LogP contribution in [0.4, 0.5) is 0 Å². The maximum atomic E-state index is 12.0. The molecule has 0 bridgehead atoms. The number of carbonyl (C=O) groups is 2. The Morgan fingerprint density at radius 2 is 1.82 bits per heavy atom. The molecule has 0 saturated carbocycles. The van der Waals surface area contributed by atoms with Crippen LogP contribution in [-0.4, -0.2) is 25.5 Å². The first-order valence-electron chi connectivity index (χ1n) is 6.48. The van der Waals surface area contributed by atoms with E-state index in [0.717, 1.165) is 0 Å². The number of nitriles is 1. The SMILES string of the molecule is COc1cccc(C(=O)COC(=O)c2cccc(C#N)c2)c1. The zero-order valence-electron chi connectivity index (χ0n) is 11.9. The van der Waals surface area contributed by atoms with Gasteiger partial charge in [-0.2, -0.15) is 5.26 Å². The molecule has 0 aliphatic heterocycles. The monoisotopic (exact) mass is 295 g/mol. The Hall–Kier alpha value is -3.13. The van der Waals surface area contributed by atoms with E-state index in [4.69, 9.17) is 14.7 Å². The second-order valence-electron chi connectivity index (χ2n) is 4.42. The van der Waals surface area contributed by atoms with Crippen LogP contribution < -0.4 is 4.74 Å². The summed E-state index contributed by atoms with van der Waals surface area (Å²) < 4.78 is 10.0. The Kier molecular flexibility index (Phi) is 4.89. The lowest BCUT2D eigenvalue weighted by molar-refractivity contribution is 0.0474. The van der Waals surface area contributed by atoms with E-state index in [9.17, 15) is 9.59 Å². The molecule has 0 unspecified atom stereocenters. The Labute approximate surface area is 127 Å². The first-order valence-corrected chi connectivity index (χ1v) is 6.48. The van der Waals surface area contributed by atoms with E-state index in [1.54, 1.807) is 36.4 Å². The molecule has 22 heavy (non-hydrogen) atoms. The topological polar surface area (TPSA) is 76.4 Å². The van der Waals surface area contributed by atoms with Gasteiger partial charge in [0, 0.05) is 5.56 Å². The Morgan fingerprint density at radius 3 is 2.55 bits per heavy atom. The Morgan fingerprint density at radius 1 is 1.09 bits per heavy atom. The van der Waals surface area contributed by atoms with Crippen LogP contribution >= 0.6 is 0 Å². The van der Waals surface area contributed by atoms with Crippen molar-refractivity contribution < 1.29 is 19.1 Å². The number of Topliss-reactive ketones (excluding diaryl/α,β-unsaturated/α-hetero) is 1. The first kappa shape index (κ1) is 15.3. The van der Waals surface area contributed by atoms with Crippen molar-refractivity contribution in [2.45, 2.75) is 0 Å². The Bertz CT molecular complexity index is 746. The molecule has 2 aromatic carbocycles. The molecule has 2 rings (SSSR count). The van der Waals surface area contributed by atoms with Crippen molar-refractivity contribution >= 4 is 11.8 Å². The van der Waals surface area contributed by atoms with Crippen LogP contribution in [0.5, 0.6) is 5.75 Å².